The van der Waals surface area contributed by atoms with Crippen molar-refractivity contribution in [2.45, 2.75) is 31.7 Å². The van der Waals surface area contributed by atoms with Gasteiger partial charge in [0.05, 0.1) is 6.42 Å². The summed E-state index contributed by atoms with van der Waals surface area (Å²) in [7, 11) is 0. The van der Waals surface area contributed by atoms with E-state index in [1.165, 1.54) is 12.8 Å². The van der Waals surface area contributed by atoms with Crippen LogP contribution in [0.1, 0.15) is 25.7 Å². The lowest BCUT2D eigenvalue weighted by molar-refractivity contribution is -0.130. The Kier molecular flexibility index (Phi) is 3.83. The molecule has 0 saturated carbocycles. The number of nitrogens with zero attached hydrogens (tertiary/aromatic N) is 3. The molecule has 2 rings (SSSR count). The molecule has 1 amide bonds. The minimum atomic E-state index is -0.0333. The van der Waals surface area contributed by atoms with Crippen molar-refractivity contribution in [1.82, 2.24) is 9.80 Å². The van der Waals surface area contributed by atoms with Crippen molar-refractivity contribution in [1.29, 1.82) is 0 Å². The maximum atomic E-state index is 11.9. The van der Waals surface area contributed by atoms with Gasteiger partial charge in [-0.1, -0.05) is 5.16 Å². The van der Waals surface area contributed by atoms with Crippen LogP contribution in [-0.2, 0) is 4.79 Å². The smallest absolute Gasteiger partial charge is 0.230 e. The van der Waals surface area contributed by atoms with Gasteiger partial charge in [-0.25, -0.2) is 0 Å². The Morgan fingerprint density at radius 2 is 2.12 bits per heavy atom. The van der Waals surface area contributed by atoms with Crippen LogP contribution in [0, 0.1) is 0 Å². The molecule has 0 spiro atoms. The van der Waals surface area contributed by atoms with Gasteiger partial charge in [0.1, 0.15) is 5.84 Å². The summed E-state index contributed by atoms with van der Waals surface area (Å²) in [6, 6.07) is 0.508. The summed E-state index contributed by atoms with van der Waals surface area (Å²) in [6.45, 7) is 3.81. The van der Waals surface area contributed by atoms with Crippen molar-refractivity contribution in [2.24, 2.45) is 10.9 Å². The van der Waals surface area contributed by atoms with E-state index < -0.39 is 0 Å². The van der Waals surface area contributed by atoms with Gasteiger partial charge in [0.2, 0.25) is 5.91 Å². The fourth-order valence-electron chi connectivity index (χ4n) is 2.74. The molecule has 2 aliphatic rings. The van der Waals surface area contributed by atoms with Gasteiger partial charge in [-0.2, -0.15) is 0 Å². The van der Waals surface area contributed by atoms with Crippen molar-refractivity contribution >= 4 is 11.7 Å². The third-order valence-electron chi connectivity index (χ3n) is 3.62. The SMILES string of the molecule is NC(CC(=O)N1CCCN2CCCC2C1)=NO. The lowest BCUT2D eigenvalue weighted by atomic mass is 10.2. The van der Waals surface area contributed by atoms with E-state index in [9.17, 15) is 4.79 Å². The summed E-state index contributed by atoms with van der Waals surface area (Å²) < 4.78 is 0. The maximum absolute atomic E-state index is 11.9. The van der Waals surface area contributed by atoms with Gasteiger partial charge in [0.15, 0.2) is 0 Å². The Bertz CT molecular complexity index is 319. The summed E-state index contributed by atoms with van der Waals surface area (Å²) in [5, 5.41) is 11.3. The van der Waals surface area contributed by atoms with Gasteiger partial charge in [0, 0.05) is 25.7 Å². The van der Waals surface area contributed by atoms with Crippen LogP contribution in [0.5, 0.6) is 0 Å². The Labute approximate surface area is 101 Å². The number of nitrogens with two attached hydrogens (primary N) is 1. The van der Waals surface area contributed by atoms with E-state index >= 15 is 0 Å². The van der Waals surface area contributed by atoms with Gasteiger partial charge in [-0.05, 0) is 25.8 Å². The van der Waals surface area contributed by atoms with Gasteiger partial charge in [-0.15, -0.1) is 0 Å². The van der Waals surface area contributed by atoms with Crippen LogP contribution in [-0.4, -0.2) is 59.0 Å². The Morgan fingerprint density at radius 1 is 1.35 bits per heavy atom. The molecule has 0 aromatic carbocycles. The van der Waals surface area contributed by atoms with Gasteiger partial charge in [0.25, 0.3) is 0 Å². The number of hydrogen-bond acceptors (Lipinski definition) is 4. The second-order valence-corrected chi connectivity index (χ2v) is 4.79. The van der Waals surface area contributed by atoms with Gasteiger partial charge in [-0.3, -0.25) is 9.69 Å². The number of carbonyl (C=O) groups excluding carboxylic acids is 1. The molecule has 17 heavy (non-hydrogen) atoms. The van der Waals surface area contributed by atoms with E-state index in [0.29, 0.717) is 6.04 Å². The Morgan fingerprint density at radius 3 is 2.88 bits per heavy atom. The molecule has 6 nitrogen and oxygen atoms in total. The van der Waals surface area contributed by atoms with Crippen LogP contribution < -0.4 is 5.73 Å². The third-order valence-corrected chi connectivity index (χ3v) is 3.62. The summed E-state index contributed by atoms with van der Waals surface area (Å²) in [5.74, 6) is -0.0448. The molecular weight excluding hydrogens is 220 g/mol. The van der Waals surface area contributed by atoms with Crippen molar-refractivity contribution in [3.8, 4) is 0 Å². The van der Waals surface area contributed by atoms with Gasteiger partial charge >= 0.3 is 0 Å². The fourth-order valence-corrected chi connectivity index (χ4v) is 2.74. The highest BCUT2D eigenvalue weighted by Crippen LogP contribution is 2.21. The topological polar surface area (TPSA) is 82.2 Å². The first-order valence-electron chi connectivity index (χ1n) is 6.19. The number of oxime groups is 1. The number of carbonyl (C=O) groups is 1. The molecule has 0 aromatic heterocycles. The first-order valence-corrected chi connectivity index (χ1v) is 6.19. The van der Waals surface area contributed by atoms with E-state index in [0.717, 1.165) is 32.6 Å². The Balaban J connectivity index is 1.94. The van der Waals surface area contributed by atoms with Crippen LogP contribution in [0.15, 0.2) is 5.16 Å². The number of hydrogen-bond donors (Lipinski definition) is 2. The molecule has 1 atom stereocenters. The van der Waals surface area contributed by atoms with Crippen molar-refractivity contribution in [2.75, 3.05) is 26.2 Å². The lowest BCUT2D eigenvalue weighted by Gasteiger charge is -2.25. The molecular formula is C11H20N4O2. The second-order valence-electron chi connectivity index (χ2n) is 4.79. The van der Waals surface area contributed by atoms with E-state index in [4.69, 9.17) is 10.9 Å². The third kappa shape index (κ3) is 2.88. The normalized spacial score (nSPS) is 26.7. The van der Waals surface area contributed by atoms with Crippen LogP contribution in [0.2, 0.25) is 0 Å². The zero-order valence-electron chi connectivity index (χ0n) is 10.0. The molecule has 3 N–H and O–H groups in total. The summed E-state index contributed by atoms with van der Waals surface area (Å²) in [4.78, 5) is 16.3. The highest BCUT2D eigenvalue weighted by molar-refractivity contribution is 5.98. The molecule has 2 aliphatic heterocycles. The fraction of sp³-hybridized carbons (Fsp3) is 0.818. The number of fused-ring (bicyclic) bond motifs is 1. The minimum absolute atomic E-state index is 0.0116. The molecule has 6 heteroatoms. The molecule has 0 aliphatic carbocycles. The first-order chi connectivity index (χ1) is 8.20. The molecule has 1 unspecified atom stereocenters. The molecule has 96 valence electrons. The van der Waals surface area contributed by atoms with E-state index in [2.05, 4.69) is 10.1 Å². The molecule has 2 saturated heterocycles. The lowest BCUT2D eigenvalue weighted by Crippen LogP contribution is -2.40. The standard InChI is InChI=1S/C11H20N4O2/c12-10(13-17)7-11(16)15-6-2-5-14-4-1-3-9(14)8-15/h9,17H,1-8H2,(H2,12,13). The zero-order valence-corrected chi connectivity index (χ0v) is 10.0. The highest BCUT2D eigenvalue weighted by atomic mass is 16.4. The van der Waals surface area contributed by atoms with E-state index in [-0.39, 0.29) is 18.2 Å². The van der Waals surface area contributed by atoms with Crippen LogP contribution in [0.3, 0.4) is 0 Å². The first kappa shape index (κ1) is 12.2. The van der Waals surface area contributed by atoms with Crippen molar-refractivity contribution < 1.29 is 10.0 Å². The van der Waals surface area contributed by atoms with Crippen molar-refractivity contribution in [3.63, 3.8) is 0 Å². The molecule has 0 bridgehead atoms. The average Bonchev–Trinajstić information content (AvgIpc) is 2.66. The van der Waals surface area contributed by atoms with Crippen LogP contribution >= 0.6 is 0 Å². The minimum Gasteiger partial charge on any atom is -0.409 e. The largest absolute Gasteiger partial charge is 0.409 e. The molecule has 2 heterocycles. The molecule has 0 aromatic rings. The molecule has 2 fully saturated rings. The van der Waals surface area contributed by atoms with Gasteiger partial charge < -0.3 is 15.8 Å². The highest BCUT2D eigenvalue weighted by Gasteiger charge is 2.30. The monoisotopic (exact) mass is 240 g/mol. The summed E-state index contributed by atoms with van der Waals surface area (Å²) >= 11 is 0. The zero-order chi connectivity index (χ0) is 12.3. The predicted octanol–water partition coefficient (Wildman–Crippen LogP) is -0.180. The average molecular weight is 240 g/mol. The number of amidine groups is 1. The van der Waals surface area contributed by atoms with Crippen molar-refractivity contribution in [3.05, 3.63) is 0 Å². The number of amides is 1. The predicted molar refractivity (Wildman–Crippen MR) is 63.8 cm³/mol. The quantitative estimate of drug-likeness (QED) is 0.303. The number of rotatable bonds is 2. The van der Waals surface area contributed by atoms with Crippen LogP contribution in [0.4, 0.5) is 0 Å². The maximum Gasteiger partial charge on any atom is 0.230 e. The second kappa shape index (κ2) is 5.35. The van der Waals surface area contributed by atoms with Crippen LogP contribution in [0.25, 0.3) is 0 Å². The summed E-state index contributed by atoms with van der Waals surface area (Å²) in [6.07, 6.45) is 3.43. The van der Waals surface area contributed by atoms with E-state index in [1.54, 1.807) is 0 Å². The van der Waals surface area contributed by atoms with E-state index in [1.807, 2.05) is 4.90 Å². The Hall–Kier alpha value is -1.30. The molecule has 0 radical (unpaired) electrons. The summed E-state index contributed by atoms with van der Waals surface area (Å²) in [5.41, 5.74) is 5.37.